The highest BCUT2D eigenvalue weighted by Crippen LogP contribution is 2.34. The van der Waals surface area contributed by atoms with Crippen molar-refractivity contribution in [2.24, 2.45) is 0 Å². The number of rotatable bonds is 5. The van der Waals surface area contributed by atoms with E-state index in [4.69, 9.17) is 9.47 Å². The third-order valence-electron chi connectivity index (χ3n) is 3.55. The molecule has 0 aliphatic heterocycles. The normalized spacial score (nSPS) is 10.4. The van der Waals surface area contributed by atoms with E-state index in [0.717, 1.165) is 0 Å². The summed E-state index contributed by atoms with van der Waals surface area (Å²) in [5.74, 6) is 0.563. The lowest BCUT2D eigenvalue weighted by Gasteiger charge is -2.09. The zero-order valence-corrected chi connectivity index (χ0v) is 13.3. The molecule has 3 rings (SSSR count). The van der Waals surface area contributed by atoms with Gasteiger partial charge in [0.05, 0.1) is 22.5 Å². The molecule has 0 amide bonds. The zero-order valence-electron chi connectivity index (χ0n) is 13.3. The number of nitro benzene ring substituents is 1. The topological polar surface area (TPSA) is 91.6 Å². The van der Waals surface area contributed by atoms with Gasteiger partial charge in [-0.15, -0.1) is 0 Å². The van der Waals surface area contributed by atoms with Crippen molar-refractivity contribution in [2.45, 2.75) is 6.92 Å². The van der Waals surface area contributed by atoms with Crippen molar-refractivity contribution in [3.63, 3.8) is 0 Å². The molecular formula is C18H14N2O5. The van der Waals surface area contributed by atoms with E-state index in [9.17, 15) is 14.9 Å². The van der Waals surface area contributed by atoms with Crippen LogP contribution in [0.15, 0.2) is 54.9 Å². The van der Waals surface area contributed by atoms with Gasteiger partial charge >= 0.3 is 5.97 Å². The molecule has 2 aromatic carbocycles. The largest absolute Gasteiger partial charge is 0.462 e. The average Bonchev–Trinajstić information content (AvgIpc) is 2.62. The van der Waals surface area contributed by atoms with Crippen molar-refractivity contribution in [1.29, 1.82) is 0 Å². The van der Waals surface area contributed by atoms with Crippen molar-refractivity contribution in [1.82, 2.24) is 4.98 Å². The minimum atomic E-state index is -0.456. The van der Waals surface area contributed by atoms with Gasteiger partial charge in [0.2, 0.25) is 0 Å². The second kappa shape index (κ2) is 6.96. The molecule has 126 valence electrons. The Balaban J connectivity index is 1.92. The highest BCUT2D eigenvalue weighted by atomic mass is 16.6. The summed E-state index contributed by atoms with van der Waals surface area (Å²) in [5.41, 5.74) is 0.389. The number of pyridine rings is 1. The second-order valence-corrected chi connectivity index (χ2v) is 5.11. The van der Waals surface area contributed by atoms with E-state index in [1.54, 1.807) is 49.5 Å². The van der Waals surface area contributed by atoms with Crippen LogP contribution in [0.25, 0.3) is 10.8 Å². The number of non-ortho nitro benzene ring substituents is 1. The van der Waals surface area contributed by atoms with Gasteiger partial charge in [-0.25, -0.2) is 4.79 Å². The fourth-order valence-electron chi connectivity index (χ4n) is 2.40. The number of hydrogen-bond acceptors (Lipinski definition) is 6. The minimum absolute atomic E-state index is 0.0342. The minimum Gasteiger partial charge on any atom is -0.462 e. The van der Waals surface area contributed by atoms with Crippen LogP contribution < -0.4 is 4.74 Å². The van der Waals surface area contributed by atoms with Gasteiger partial charge < -0.3 is 9.47 Å². The number of ether oxygens (including phenoxy) is 2. The van der Waals surface area contributed by atoms with Gasteiger partial charge in [-0.05, 0) is 43.3 Å². The molecule has 7 nitrogen and oxygen atoms in total. The van der Waals surface area contributed by atoms with Gasteiger partial charge in [0.25, 0.3) is 5.69 Å². The van der Waals surface area contributed by atoms with E-state index in [-0.39, 0.29) is 5.69 Å². The molecule has 0 bridgehead atoms. The summed E-state index contributed by atoms with van der Waals surface area (Å²) in [6.07, 6.45) is 2.98. The summed E-state index contributed by atoms with van der Waals surface area (Å²) >= 11 is 0. The van der Waals surface area contributed by atoms with Crippen molar-refractivity contribution in [3.8, 4) is 11.5 Å². The van der Waals surface area contributed by atoms with E-state index < -0.39 is 10.9 Å². The van der Waals surface area contributed by atoms with Crippen LogP contribution in [0.3, 0.4) is 0 Å². The van der Waals surface area contributed by atoms with Gasteiger partial charge in [-0.1, -0.05) is 0 Å². The third kappa shape index (κ3) is 3.40. The number of aromatic nitrogens is 1. The molecule has 0 aliphatic carbocycles. The van der Waals surface area contributed by atoms with Crippen molar-refractivity contribution >= 4 is 22.4 Å². The Morgan fingerprint density at radius 2 is 1.88 bits per heavy atom. The molecule has 3 aromatic rings. The predicted octanol–water partition coefficient (Wildman–Crippen LogP) is 4.11. The SMILES string of the molecule is CCOC(=O)c1ccc(Oc2ccc([N+](=O)[O-])c3cnccc23)cc1. The Hall–Kier alpha value is -3.48. The van der Waals surface area contributed by atoms with E-state index in [1.165, 1.54) is 12.3 Å². The van der Waals surface area contributed by atoms with Crippen LogP contribution in [-0.4, -0.2) is 22.5 Å². The number of benzene rings is 2. The first-order valence-electron chi connectivity index (χ1n) is 7.56. The van der Waals surface area contributed by atoms with Crippen LogP contribution in [0.4, 0.5) is 5.69 Å². The van der Waals surface area contributed by atoms with Crippen molar-refractivity contribution in [3.05, 3.63) is 70.5 Å². The lowest BCUT2D eigenvalue weighted by molar-refractivity contribution is -0.383. The number of hydrogen-bond donors (Lipinski definition) is 0. The maximum absolute atomic E-state index is 11.7. The van der Waals surface area contributed by atoms with Crippen LogP contribution in [-0.2, 0) is 4.74 Å². The van der Waals surface area contributed by atoms with Gasteiger partial charge in [0, 0.05) is 23.8 Å². The van der Waals surface area contributed by atoms with Gasteiger partial charge in [0.15, 0.2) is 0 Å². The zero-order chi connectivity index (χ0) is 17.8. The molecule has 0 N–H and O–H groups in total. The molecule has 0 unspecified atom stereocenters. The summed E-state index contributed by atoms with van der Waals surface area (Å²) in [7, 11) is 0. The second-order valence-electron chi connectivity index (χ2n) is 5.11. The summed E-state index contributed by atoms with van der Waals surface area (Å²) in [6, 6.07) is 11.1. The Labute approximate surface area is 143 Å². The number of nitro groups is 1. The van der Waals surface area contributed by atoms with Crippen LogP contribution >= 0.6 is 0 Å². The highest BCUT2D eigenvalue weighted by molar-refractivity contribution is 5.95. The summed E-state index contributed by atoms with van der Waals surface area (Å²) in [5, 5.41) is 12.1. The smallest absolute Gasteiger partial charge is 0.338 e. The van der Waals surface area contributed by atoms with Crippen LogP contribution in [0, 0.1) is 10.1 Å². The quantitative estimate of drug-likeness (QED) is 0.395. The van der Waals surface area contributed by atoms with Crippen molar-refractivity contribution < 1.29 is 19.2 Å². The fraction of sp³-hybridized carbons (Fsp3) is 0.111. The van der Waals surface area contributed by atoms with E-state index in [1.807, 2.05) is 0 Å². The summed E-state index contributed by atoms with van der Waals surface area (Å²) in [4.78, 5) is 26.3. The standard InChI is InChI=1S/C18H14N2O5/c1-2-24-18(21)12-3-5-13(6-4-12)25-17-8-7-16(20(22)23)15-11-19-10-9-14(15)17/h3-11H,2H2,1H3. The number of nitrogens with zero attached hydrogens (tertiary/aromatic N) is 2. The molecule has 0 radical (unpaired) electrons. The molecule has 7 heteroatoms. The predicted molar refractivity (Wildman–Crippen MR) is 90.9 cm³/mol. The molecule has 0 spiro atoms. The van der Waals surface area contributed by atoms with Gasteiger partial charge in [-0.3, -0.25) is 15.1 Å². The highest BCUT2D eigenvalue weighted by Gasteiger charge is 2.15. The van der Waals surface area contributed by atoms with Gasteiger partial charge in [-0.2, -0.15) is 0 Å². The average molecular weight is 338 g/mol. The van der Waals surface area contributed by atoms with Crippen LogP contribution in [0.5, 0.6) is 11.5 Å². The van der Waals surface area contributed by atoms with Crippen LogP contribution in [0.1, 0.15) is 17.3 Å². The lowest BCUT2D eigenvalue weighted by atomic mass is 10.1. The first kappa shape index (κ1) is 16.4. The maximum Gasteiger partial charge on any atom is 0.338 e. The first-order valence-corrected chi connectivity index (χ1v) is 7.56. The summed E-state index contributed by atoms with van der Waals surface area (Å²) in [6.45, 7) is 2.05. The molecule has 1 heterocycles. The molecule has 0 saturated heterocycles. The molecule has 0 atom stereocenters. The Kier molecular flexibility index (Phi) is 4.56. The van der Waals surface area contributed by atoms with E-state index in [0.29, 0.717) is 34.4 Å². The number of carbonyl (C=O) groups excluding carboxylic acids is 1. The Morgan fingerprint density at radius 3 is 2.56 bits per heavy atom. The maximum atomic E-state index is 11.7. The van der Waals surface area contributed by atoms with Crippen molar-refractivity contribution in [2.75, 3.05) is 6.61 Å². The monoisotopic (exact) mass is 338 g/mol. The Bertz CT molecular complexity index is 938. The number of esters is 1. The number of fused-ring (bicyclic) bond motifs is 1. The molecule has 0 saturated carbocycles. The molecule has 1 aromatic heterocycles. The molecule has 25 heavy (non-hydrogen) atoms. The fourth-order valence-corrected chi connectivity index (χ4v) is 2.40. The molecule has 0 aliphatic rings. The lowest BCUT2D eigenvalue weighted by Crippen LogP contribution is -2.04. The summed E-state index contributed by atoms with van der Waals surface area (Å²) < 4.78 is 10.7. The van der Waals surface area contributed by atoms with E-state index >= 15 is 0 Å². The molecular weight excluding hydrogens is 324 g/mol. The van der Waals surface area contributed by atoms with E-state index in [2.05, 4.69) is 4.98 Å². The van der Waals surface area contributed by atoms with Crippen LogP contribution in [0.2, 0.25) is 0 Å². The Morgan fingerprint density at radius 1 is 1.12 bits per heavy atom. The first-order chi connectivity index (χ1) is 12.1. The number of carbonyl (C=O) groups is 1. The third-order valence-corrected chi connectivity index (χ3v) is 3.55. The molecule has 0 fully saturated rings. The van der Waals surface area contributed by atoms with Gasteiger partial charge in [0.1, 0.15) is 11.5 Å².